The van der Waals surface area contributed by atoms with Crippen molar-refractivity contribution in [3.63, 3.8) is 0 Å². The van der Waals surface area contributed by atoms with Crippen LogP contribution in [0.15, 0.2) is 229 Å². The Balaban J connectivity index is 0.879. The lowest BCUT2D eigenvalue weighted by Gasteiger charge is -2.12. The Bertz CT molecular complexity index is 3950. The van der Waals surface area contributed by atoms with Crippen molar-refractivity contribution in [3.05, 3.63) is 225 Å². The Morgan fingerprint density at radius 3 is 1.53 bits per heavy atom. The minimum atomic E-state index is 0.596. The van der Waals surface area contributed by atoms with Crippen LogP contribution < -0.4 is 0 Å². The average Bonchev–Trinajstić information content (AvgIpc) is 3.99. The summed E-state index contributed by atoms with van der Waals surface area (Å²) in [5.41, 5.74) is 13.9. The van der Waals surface area contributed by atoms with Crippen molar-refractivity contribution in [2.75, 3.05) is 0 Å². The fraction of sp³-hybridized carbons (Fsp3) is 0. The number of furan rings is 1. The highest BCUT2D eigenvalue weighted by molar-refractivity contribution is 6.16. The molecule has 6 heterocycles. The van der Waals surface area contributed by atoms with Gasteiger partial charge in [0.2, 0.25) is 0 Å². The number of para-hydroxylation sites is 3. The van der Waals surface area contributed by atoms with Gasteiger partial charge in [-0.2, -0.15) is 0 Å². The second-order valence-corrected chi connectivity index (χ2v) is 16.7. The minimum absolute atomic E-state index is 0.596. The summed E-state index contributed by atoms with van der Waals surface area (Å²) in [5, 5.41) is 4.25. The number of pyridine rings is 3. The Hall–Kier alpha value is -9.40. The molecular formula is C60H37N7O. The summed E-state index contributed by atoms with van der Waals surface area (Å²) in [7, 11) is 0. The van der Waals surface area contributed by atoms with E-state index in [1.165, 1.54) is 10.8 Å². The van der Waals surface area contributed by atoms with Gasteiger partial charge >= 0.3 is 0 Å². The Labute approximate surface area is 390 Å². The maximum atomic E-state index is 6.81. The molecule has 0 N–H and O–H groups in total. The van der Waals surface area contributed by atoms with Crippen LogP contribution in [-0.4, -0.2) is 34.5 Å². The van der Waals surface area contributed by atoms with Crippen LogP contribution in [0.4, 0.5) is 0 Å². The van der Waals surface area contributed by atoms with Crippen molar-refractivity contribution >= 4 is 43.7 Å². The van der Waals surface area contributed by atoms with Crippen LogP contribution >= 0.6 is 0 Å². The van der Waals surface area contributed by atoms with E-state index in [1.54, 1.807) is 12.4 Å². The third-order valence-electron chi connectivity index (χ3n) is 12.6. The zero-order valence-corrected chi connectivity index (χ0v) is 36.4. The number of rotatable bonds is 8. The first kappa shape index (κ1) is 39.0. The Kier molecular flexibility index (Phi) is 9.31. The molecule has 0 fully saturated rings. The van der Waals surface area contributed by atoms with E-state index >= 15 is 0 Å². The van der Waals surface area contributed by atoms with E-state index in [1.807, 2.05) is 84.9 Å². The van der Waals surface area contributed by atoms with Gasteiger partial charge in [-0.15, -0.1) is 0 Å². The number of nitrogens with zero attached hydrogens (tertiary/aromatic N) is 7. The van der Waals surface area contributed by atoms with Gasteiger partial charge in [0.05, 0.1) is 38.9 Å². The van der Waals surface area contributed by atoms with Crippen molar-refractivity contribution in [2.24, 2.45) is 0 Å². The Morgan fingerprint density at radius 2 is 0.882 bits per heavy atom. The predicted octanol–water partition coefficient (Wildman–Crippen LogP) is 14.7. The fourth-order valence-electron chi connectivity index (χ4n) is 9.40. The van der Waals surface area contributed by atoms with E-state index in [0.717, 1.165) is 94.6 Å². The summed E-state index contributed by atoms with van der Waals surface area (Å²) < 4.78 is 9.13. The van der Waals surface area contributed by atoms with E-state index in [2.05, 4.69) is 132 Å². The summed E-state index contributed by atoms with van der Waals surface area (Å²) in [5.74, 6) is 2.46. The van der Waals surface area contributed by atoms with E-state index < -0.39 is 0 Å². The highest BCUT2D eigenvalue weighted by Crippen LogP contribution is 2.46. The summed E-state index contributed by atoms with van der Waals surface area (Å²) in [6.07, 6.45) is 3.59. The van der Waals surface area contributed by atoms with Gasteiger partial charge in [0.1, 0.15) is 11.3 Å². The first-order chi connectivity index (χ1) is 33.7. The molecule has 0 bridgehead atoms. The van der Waals surface area contributed by atoms with Crippen molar-refractivity contribution in [1.29, 1.82) is 0 Å². The monoisotopic (exact) mass is 871 g/mol. The minimum Gasteiger partial charge on any atom is -0.453 e. The lowest BCUT2D eigenvalue weighted by atomic mass is 9.96. The molecule has 7 aromatic carbocycles. The van der Waals surface area contributed by atoms with Crippen LogP contribution in [0.3, 0.4) is 0 Å². The molecule has 0 spiro atoms. The second kappa shape index (κ2) is 16.2. The molecule has 8 heteroatoms. The first-order valence-electron chi connectivity index (χ1n) is 22.5. The normalized spacial score (nSPS) is 11.5. The molecule has 68 heavy (non-hydrogen) atoms. The predicted molar refractivity (Wildman–Crippen MR) is 273 cm³/mol. The molecule has 0 atom stereocenters. The summed E-state index contributed by atoms with van der Waals surface area (Å²) in [4.78, 5) is 30.0. The summed E-state index contributed by atoms with van der Waals surface area (Å²) >= 11 is 0. The van der Waals surface area contributed by atoms with E-state index in [4.69, 9.17) is 34.3 Å². The topological polar surface area (TPSA) is 95.4 Å². The number of aromatic nitrogens is 7. The summed E-state index contributed by atoms with van der Waals surface area (Å²) in [6, 6.07) is 72.5. The SMILES string of the molecule is c1ccc(-c2nc(-c3ccc(-c4ccc(-c5nc6ccccc6c6oc(-c7ccccn7)c(-c7ccccn7)c56)cc4)cc3)nc(-c3cccc(-n4c5ccccc5c5ccccc54)c3)n2)cc1. The smallest absolute Gasteiger partial charge is 0.164 e. The van der Waals surface area contributed by atoms with Gasteiger partial charge in [-0.05, 0) is 71.8 Å². The van der Waals surface area contributed by atoms with Gasteiger partial charge in [-0.1, -0.05) is 152 Å². The third-order valence-corrected chi connectivity index (χ3v) is 12.6. The molecule has 0 saturated heterocycles. The van der Waals surface area contributed by atoms with Crippen LogP contribution in [0.1, 0.15) is 0 Å². The molecule has 0 unspecified atom stereocenters. The molecule has 318 valence electrons. The highest BCUT2D eigenvalue weighted by Gasteiger charge is 2.26. The zero-order valence-electron chi connectivity index (χ0n) is 36.4. The number of hydrogen-bond donors (Lipinski definition) is 0. The molecule has 6 aromatic heterocycles. The molecule has 8 nitrogen and oxygen atoms in total. The molecule has 13 aromatic rings. The molecule has 0 radical (unpaired) electrons. The molecule has 0 saturated carbocycles. The fourth-order valence-corrected chi connectivity index (χ4v) is 9.40. The number of benzene rings is 7. The van der Waals surface area contributed by atoms with E-state index in [0.29, 0.717) is 23.2 Å². The van der Waals surface area contributed by atoms with E-state index in [9.17, 15) is 0 Å². The van der Waals surface area contributed by atoms with Gasteiger partial charge in [-0.3, -0.25) is 9.97 Å². The lowest BCUT2D eigenvalue weighted by Crippen LogP contribution is -2.01. The highest BCUT2D eigenvalue weighted by atomic mass is 16.3. The van der Waals surface area contributed by atoms with Crippen molar-refractivity contribution in [2.45, 2.75) is 0 Å². The molecule has 13 rings (SSSR count). The second-order valence-electron chi connectivity index (χ2n) is 16.7. The van der Waals surface area contributed by atoms with Crippen LogP contribution in [0, 0.1) is 0 Å². The summed E-state index contributed by atoms with van der Waals surface area (Å²) in [6.45, 7) is 0. The van der Waals surface area contributed by atoms with Crippen LogP contribution in [-0.2, 0) is 0 Å². The van der Waals surface area contributed by atoms with Crippen LogP contribution in [0.2, 0.25) is 0 Å². The van der Waals surface area contributed by atoms with E-state index in [-0.39, 0.29) is 0 Å². The molecule has 0 aliphatic rings. The largest absolute Gasteiger partial charge is 0.453 e. The Morgan fingerprint density at radius 1 is 0.368 bits per heavy atom. The van der Waals surface area contributed by atoms with Crippen molar-refractivity contribution in [3.8, 4) is 84.9 Å². The van der Waals surface area contributed by atoms with Crippen molar-refractivity contribution < 1.29 is 4.42 Å². The van der Waals surface area contributed by atoms with Gasteiger partial charge in [-0.25, -0.2) is 19.9 Å². The molecule has 0 amide bonds. The molecule has 0 aliphatic carbocycles. The third kappa shape index (κ3) is 6.70. The lowest BCUT2D eigenvalue weighted by molar-refractivity contribution is 0.632. The average molecular weight is 872 g/mol. The van der Waals surface area contributed by atoms with Gasteiger partial charge < -0.3 is 8.98 Å². The van der Waals surface area contributed by atoms with Gasteiger partial charge in [0.15, 0.2) is 23.2 Å². The number of fused-ring (bicyclic) bond motifs is 6. The number of hydrogen-bond acceptors (Lipinski definition) is 7. The standard InChI is InChI=1S/C60H37N7O/c1-2-15-41(16-3-1)58-64-59(66-60(65-58)43-17-14-18-44(37-43)67-51-25-8-5-19-45(51)46-20-6-9-26-52(46)67)42-33-29-39(30-34-42)38-27-31-40(32-28-38)55-54-53(49-23-10-12-35-61-49)57(50-24-11-13-36-62-50)68-56(54)47-21-4-7-22-48(47)63-55/h1-37H. The molecular weight excluding hydrogens is 835 g/mol. The maximum absolute atomic E-state index is 6.81. The first-order valence-corrected chi connectivity index (χ1v) is 22.5. The maximum Gasteiger partial charge on any atom is 0.164 e. The molecule has 0 aliphatic heterocycles. The van der Waals surface area contributed by atoms with Crippen molar-refractivity contribution in [1.82, 2.24) is 34.5 Å². The zero-order chi connectivity index (χ0) is 45.0. The van der Waals surface area contributed by atoms with Gasteiger partial charge in [0.25, 0.3) is 0 Å². The quantitative estimate of drug-likeness (QED) is 0.150. The van der Waals surface area contributed by atoms with Gasteiger partial charge in [0, 0.05) is 56.5 Å². The van der Waals surface area contributed by atoms with Crippen LogP contribution in [0.5, 0.6) is 0 Å². The van der Waals surface area contributed by atoms with Crippen LogP contribution in [0.25, 0.3) is 129 Å².